The SMILES string of the molecule is Cc1csc(N/N=C\c2ccc(OC(C)C)cc2)n1. The van der Waals surface area contributed by atoms with Crippen molar-refractivity contribution in [3.63, 3.8) is 0 Å². The summed E-state index contributed by atoms with van der Waals surface area (Å²) in [5.41, 5.74) is 4.92. The maximum Gasteiger partial charge on any atom is 0.203 e. The lowest BCUT2D eigenvalue weighted by Crippen LogP contribution is -2.05. The molecule has 1 aromatic heterocycles. The monoisotopic (exact) mass is 275 g/mol. The largest absolute Gasteiger partial charge is 0.491 e. The molecule has 0 fully saturated rings. The molecular weight excluding hydrogens is 258 g/mol. The number of hydrogen-bond acceptors (Lipinski definition) is 5. The average molecular weight is 275 g/mol. The molecule has 1 N–H and O–H groups in total. The molecule has 1 aromatic carbocycles. The van der Waals surface area contributed by atoms with Gasteiger partial charge in [-0.15, -0.1) is 11.3 Å². The Hall–Kier alpha value is -1.88. The predicted molar refractivity (Wildman–Crippen MR) is 80.3 cm³/mol. The normalized spacial score (nSPS) is 11.2. The highest BCUT2D eigenvalue weighted by Crippen LogP contribution is 2.15. The van der Waals surface area contributed by atoms with Crippen LogP contribution in [0.15, 0.2) is 34.7 Å². The molecule has 2 aromatic rings. The van der Waals surface area contributed by atoms with Crippen molar-refractivity contribution in [1.29, 1.82) is 0 Å². The van der Waals surface area contributed by atoms with E-state index in [1.807, 2.05) is 50.4 Å². The lowest BCUT2D eigenvalue weighted by Gasteiger charge is -2.08. The minimum absolute atomic E-state index is 0.189. The summed E-state index contributed by atoms with van der Waals surface area (Å²) in [6.45, 7) is 5.98. The minimum atomic E-state index is 0.189. The highest BCUT2D eigenvalue weighted by atomic mass is 32.1. The summed E-state index contributed by atoms with van der Waals surface area (Å²) in [5, 5.41) is 6.93. The van der Waals surface area contributed by atoms with Gasteiger partial charge >= 0.3 is 0 Å². The Morgan fingerprint density at radius 3 is 2.63 bits per heavy atom. The van der Waals surface area contributed by atoms with Crippen molar-refractivity contribution in [1.82, 2.24) is 4.98 Å². The van der Waals surface area contributed by atoms with E-state index in [0.29, 0.717) is 0 Å². The number of anilines is 1. The van der Waals surface area contributed by atoms with Crippen molar-refractivity contribution in [3.8, 4) is 5.75 Å². The molecule has 5 heteroatoms. The van der Waals surface area contributed by atoms with Crippen LogP contribution in [-0.2, 0) is 0 Å². The lowest BCUT2D eigenvalue weighted by atomic mass is 10.2. The minimum Gasteiger partial charge on any atom is -0.491 e. The van der Waals surface area contributed by atoms with E-state index in [1.54, 1.807) is 6.21 Å². The first-order valence-electron chi connectivity index (χ1n) is 6.11. The highest BCUT2D eigenvalue weighted by Gasteiger charge is 1.97. The van der Waals surface area contributed by atoms with E-state index in [4.69, 9.17) is 4.74 Å². The van der Waals surface area contributed by atoms with Gasteiger partial charge in [-0.3, -0.25) is 5.43 Å². The van der Waals surface area contributed by atoms with Gasteiger partial charge in [0.25, 0.3) is 0 Å². The molecule has 0 saturated carbocycles. The molecule has 4 nitrogen and oxygen atoms in total. The van der Waals surface area contributed by atoms with E-state index in [0.717, 1.165) is 22.1 Å². The molecule has 0 bridgehead atoms. The average Bonchev–Trinajstić information content (AvgIpc) is 2.77. The molecule has 0 saturated heterocycles. The molecule has 0 unspecified atom stereocenters. The van der Waals surface area contributed by atoms with Crippen LogP contribution >= 0.6 is 11.3 Å². The Bertz CT molecular complexity index is 546. The Morgan fingerprint density at radius 2 is 2.05 bits per heavy atom. The topological polar surface area (TPSA) is 46.5 Å². The number of nitrogens with zero attached hydrogens (tertiary/aromatic N) is 2. The van der Waals surface area contributed by atoms with E-state index >= 15 is 0 Å². The number of aryl methyl sites for hydroxylation is 1. The third-order valence-electron chi connectivity index (χ3n) is 2.24. The molecule has 0 aliphatic carbocycles. The molecule has 1 heterocycles. The molecule has 0 spiro atoms. The Balaban J connectivity index is 1.92. The summed E-state index contributed by atoms with van der Waals surface area (Å²) in [5.74, 6) is 0.871. The van der Waals surface area contributed by atoms with Gasteiger partial charge in [-0.05, 0) is 50.6 Å². The number of hydrogen-bond donors (Lipinski definition) is 1. The zero-order chi connectivity index (χ0) is 13.7. The van der Waals surface area contributed by atoms with Crippen molar-refractivity contribution >= 4 is 22.7 Å². The van der Waals surface area contributed by atoms with Gasteiger partial charge in [-0.1, -0.05) is 0 Å². The Morgan fingerprint density at radius 1 is 1.32 bits per heavy atom. The number of rotatable bonds is 5. The first-order valence-corrected chi connectivity index (χ1v) is 6.99. The second kappa shape index (κ2) is 6.33. The number of ether oxygens (including phenoxy) is 1. The van der Waals surface area contributed by atoms with Crippen molar-refractivity contribution in [2.24, 2.45) is 5.10 Å². The van der Waals surface area contributed by atoms with Crippen LogP contribution in [0.2, 0.25) is 0 Å². The molecular formula is C14H17N3OS. The van der Waals surface area contributed by atoms with Crippen molar-refractivity contribution in [3.05, 3.63) is 40.9 Å². The first-order chi connectivity index (χ1) is 9.13. The molecule has 100 valence electrons. The third-order valence-corrected chi connectivity index (χ3v) is 3.11. The summed E-state index contributed by atoms with van der Waals surface area (Å²) in [6.07, 6.45) is 1.95. The Kier molecular flexibility index (Phi) is 4.52. The molecule has 19 heavy (non-hydrogen) atoms. The standard InChI is InChI=1S/C14H17N3OS/c1-10(2)18-13-6-4-12(5-7-13)8-15-17-14-16-11(3)9-19-14/h4-10H,1-3H3,(H,16,17)/b15-8-. The third kappa shape index (κ3) is 4.37. The van der Waals surface area contributed by atoms with Gasteiger partial charge in [0, 0.05) is 5.38 Å². The molecule has 0 amide bonds. The van der Waals surface area contributed by atoms with Crippen LogP contribution in [0.1, 0.15) is 25.1 Å². The van der Waals surface area contributed by atoms with E-state index in [-0.39, 0.29) is 6.10 Å². The van der Waals surface area contributed by atoms with Gasteiger partial charge < -0.3 is 4.74 Å². The molecule has 0 aliphatic rings. The maximum absolute atomic E-state index is 5.58. The van der Waals surface area contributed by atoms with Crippen molar-refractivity contribution in [2.45, 2.75) is 26.9 Å². The van der Waals surface area contributed by atoms with Crippen LogP contribution < -0.4 is 10.2 Å². The summed E-state index contributed by atoms with van der Waals surface area (Å²) in [4.78, 5) is 4.26. The molecule has 0 aliphatic heterocycles. The number of nitrogens with one attached hydrogen (secondary N) is 1. The second-order valence-electron chi connectivity index (χ2n) is 4.40. The number of benzene rings is 1. The highest BCUT2D eigenvalue weighted by molar-refractivity contribution is 7.13. The predicted octanol–water partition coefficient (Wildman–Crippen LogP) is 3.68. The fourth-order valence-corrected chi connectivity index (χ4v) is 2.11. The zero-order valence-electron chi connectivity index (χ0n) is 11.3. The van der Waals surface area contributed by atoms with Crippen molar-refractivity contribution in [2.75, 3.05) is 5.43 Å². The molecule has 2 rings (SSSR count). The van der Waals surface area contributed by atoms with Gasteiger partial charge in [-0.25, -0.2) is 4.98 Å². The summed E-state index contributed by atoms with van der Waals surface area (Å²) in [6, 6.07) is 7.82. The van der Waals surface area contributed by atoms with Crippen LogP contribution in [0.4, 0.5) is 5.13 Å². The number of hydrazone groups is 1. The number of thiazole rings is 1. The van der Waals surface area contributed by atoms with Gasteiger partial charge in [0.05, 0.1) is 18.0 Å². The zero-order valence-corrected chi connectivity index (χ0v) is 12.1. The molecule has 0 radical (unpaired) electrons. The maximum atomic E-state index is 5.58. The van der Waals surface area contributed by atoms with Crippen LogP contribution in [-0.4, -0.2) is 17.3 Å². The van der Waals surface area contributed by atoms with E-state index in [1.165, 1.54) is 11.3 Å². The first kappa shape index (κ1) is 13.5. The van der Waals surface area contributed by atoms with Gasteiger partial charge in [0.15, 0.2) is 0 Å². The Labute approximate surface area is 117 Å². The van der Waals surface area contributed by atoms with Crippen LogP contribution in [0, 0.1) is 6.92 Å². The smallest absolute Gasteiger partial charge is 0.203 e. The van der Waals surface area contributed by atoms with E-state index < -0.39 is 0 Å². The van der Waals surface area contributed by atoms with Crippen LogP contribution in [0.3, 0.4) is 0 Å². The second-order valence-corrected chi connectivity index (χ2v) is 5.26. The van der Waals surface area contributed by atoms with Crippen LogP contribution in [0.5, 0.6) is 5.75 Å². The van der Waals surface area contributed by atoms with Crippen LogP contribution in [0.25, 0.3) is 0 Å². The quantitative estimate of drug-likeness (QED) is 0.668. The molecule has 0 atom stereocenters. The van der Waals surface area contributed by atoms with Crippen molar-refractivity contribution < 1.29 is 4.74 Å². The summed E-state index contributed by atoms with van der Waals surface area (Å²) >= 11 is 1.54. The summed E-state index contributed by atoms with van der Waals surface area (Å²) < 4.78 is 5.58. The fraction of sp³-hybridized carbons (Fsp3) is 0.286. The van der Waals surface area contributed by atoms with E-state index in [2.05, 4.69) is 15.5 Å². The number of aromatic nitrogens is 1. The lowest BCUT2D eigenvalue weighted by molar-refractivity contribution is 0.242. The fourth-order valence-electron chi connectivity index (χ4n) is 1.47. The summed E-state index contributed by atoms with van der Waals surface area (Å²) in [7, 11) is 0. The van der Waals surface area contributed by atoms with Gasteiger partial charge in [0.2, 0.25) is 5.13 Å². The van der Waals surface area contributed by atoms with Gasteiger partial charge in [0.1, 0.15) is 5.75 Å². The van der Waals surface area contributed by atoms with E-state index in [9.17, 15) is 0 Å². The van der Waals surface area contributed by atoms with Gasteiger partial charge in [-0.2, -0.15) is 5.10 Å².